The van der Waals surface area contributed by atoms with E-state index in [1.165, 1.54) is 76.8 Å². The summed E-state index contributed by atoms with van der Waals surface area (Å²) in [6, 6.07) is 76.3. The molecule has 0 amide bonds. The highest BCUT2D eigenvalue weighted by Gasteiger charge is 2.51. The monoisotopic (exact) mass is 739 g/mol. The summed E-state index contributed by atoms with van der Waals surface area (Å²) < 4.78 is 5.45. The van der Waals surface area contributed by atoms with Crippen molar-refractivity contribution in [2.45, 2.75) is 5.41 Å². The van der Waals surface area contributed by atoms with Crippen LogP contribution in [0.15, 0.2) is 206 Å². The van der Waals surface area contributed by atoms with E-state index in [1.54, 1.807) is 7.11 Å². The van der Waals surface area contributed by atoms with Gasteiger partial charge >= 0.3 is 0 Å². The van der Waals surface area contributed by atoms with E-state index in [0.717, 1.165) is 33.9 Å². The van der Waals surface area contributed by atoms with E-state index in [2.05, 4.69) is 199 Å². The predicted molar refractivity (Wildman–Crippen MR) is 242 cm³/mol. The van der Waals surface area contributed by atoms with E-state index in [1.807, 2.05) is 12.1 Å². The molecular formula is C56H37NO. The minimum atomic E-state index is -0.433. The number of fused-ring (bicyclic) bond motifs is 16. The van der Waals surface area contributed by atoms with Crippen LogP contribution in [0.25, 0.3) is 65.7 Å². The van der Waals surface area contributed by atoms with Crippen LogP contribution in [-0.4, -0.2) is 7.11 Å². The molecule has 2 aliphatic carbocycles. The van der Waals surface area contributed by atoms with Gasteiger partial charge in [0.25, 0.3) is 0 Å². The third-order valence-electron chi connectivity index (χ3n) is 12.8. The molecule has 0 saturated heterocycles. The molecule has 0 aromatic heterocycles. The highest BCUT2D eigenvalue weighted by Crippen LogP contribution is 2.63. The molecule has 58 heavy (non-hydrogen) atoms. The number of anilines is 3. The molecule has 0 radical (unpaired) electrons. The van der Waals surface area contributed by atoms with Gasteiger partial charge in [0.15, 0.2) is 0 Å². The first-order chi connectivity index (χ1) is 28.7. The third-order valence-corrected chi connectivity index (χ3v) is 12.8. The van der Waals surface area contributed by atoms with E-state index in [4.69, 9.17) is 4.74 Å². The molecule has 2 nitrogen and oxygen atoms in total. The quantitative estimate of drug-likeness (QED) is 0.163. The number of nitrogens with zero attached hydrogens (tertiary/aromatic N) is 1. The van der Waals surface area contributed by atoms with Gasteiger partial charge in [0, 0.05) is 17.1 Å². The molecule has 10 aromatic carbocycles. The summed E-state index contributed by atoms with van der Waals surface area (Å²) in [4.78, 5) is 2.45. The molecule has 0 N–H and O–H groups in total. The first-order valence-electron chi connectivity index (χ1n) is 20.0. The van der Waals surface area contributed by atoms with Gasteiger partial charge in [0.1, 0.15) is 5.75 Å². The summed E-state index contributed by atoms with van der Waals surface area (Å²) in [6.45, 7) is 0. The van der Waals surface area contributed by atoms with Crippen LogP contribution in [0, 0.1) is 0 Å². The second kappa shape index (κ2) is 12.5. The Morgan fingerprint density at radius 3 is 1.26 bits per heavy atom. The molecule has 0 saturated carbocycles. The number of benzene rings is 10. The molecule has 0 unspecified atom stereocenters. The third kappa shape index (κ3) is 4.54. The topological polar surface area (TPSA) is 12.5 Å². The van der Waals surface area contributed by atoms with Gasteiger partial charge in [-0.2, -0.15) is 0 Å². The van der Waals surface area contributed by atoms with Crippen molar-refractivity contribution in [1.82, 2.24) is 0 Å². The largest absolute Gasteiger partial charge is 0.497 e. The average Bonchev–Trinajstić information content (AvgIpc) is 3.77. The van der Waals surface area contributed by atoms with Crippen LogP contribution in [0.5, 0.6) is 5.75 Å². The lowest BCUT2D eigenvalue weighted by atomic mass is 9.70. The molecule has 2 heteroatoms. The van der Waals surface area contributed by atoms with Crippen molar-refractivity contribution in [3.05, 3.63) is 229 Å². The van der Waals surface area contributed by atoms with Gasteiger partial charge in [0.05, 0.1) is 12.5 Å². The zero-order valence-electron chi connectivity index (χ0n) is 32.0. The van der Waals surface area contributed by atoms with Crippen LogP contribution in [0.4, 0.5) is 17.1 Å². The van der Waals surface area contributed by atoms with Crippen LogP contribution in [0.3, 0.4) is 0 Å². The Morgan fingerprint density at radius 2 is 0.724 bits per heavy atom. The number of rotatable bonds is 5. The van der Waals surface area contributed by atoms with Gasteiger partial charge in [-0.15, -0.1) is 0 Å². The number of hydrogen-bond donors (Lipinski definition) is 0. The summed E-state index contributed by atoms with van der Waals surface area (Å²) in [7, 11) is 1.71. The summed E-state index contributed by atoms with van der Waals surface area (Å²) in [6.07, 6.45) is 0. The van der Waals surface area contributed by atoms with Crippen LogP contribution < -0.4 is 9.64 Å². The molecule has 10 aromatic rings. The maximum atomic E-state index is 5.45. The van der Waals surface area contributed by atoms with Crippen molar-refractivity contribution >= 4 is 49.4 Å². The molecule has 12 rings (SSSR count). The SMILES string of the molecule is COc1ccc(-c2ccc(N(c3ccc4c(c3)C3(c5ccccc5-c5ccccc53)c3ccccc3-4)c3ccc4c5ccccc5c5ccccc5c4c3)cc2)cc1. The van der Waals surface area contributed by atoms with Gasteiger partial charge in [-0.1, -0.05) is 158 Å². The van der Waals surface area contributed by atoms with Crippen LogP contribution in [0.2, 0.25) is 0 Å². The van der Waals surface area contributed by atoms with Crippen LogP contribution >= 0.6 is 0 Å². The second-order valence-electron chi connectivity index (χ2n) is 15.5. The minimum Gasteiger partial charge on any atom is -0.497 e. The van der Waals surface area contributed by atoms with Crippen molar-refractivity contribution in [3.8, 4) is 39.1 Å². The standard InChI is InChI=1S/C56H37NO/c1-58-41-30-24-37(25-31-41)36-22-26-38(27-23-36)57(39-28-32-46-44-14-3-2-12-42(44)43-13-4-5-15-45(43)51(46)34-39)40-29-33-50-49-18-8-11-21-54(49)56(55(50)35-40)52-19-9-6-16-47(52)48-17-7-10-20-53(48)56/h2-35H,1H3. The highest BCUT2D eigenvalue weighted by molar-refractivity contribution is 6.25. The number of methoxy groups -OCH3 is 1. The van der Waals surface area contributed by atoms with Crippen LogP contribution in [-0.2, 0) is 5.41 Å². The first kappa shape index (κ1) is 32.8. The molecule has 272 valence electrons. The Labute approximate surface area is 337 Å². The predicted octanol–water partition coefficient (Wildman–Crippen LogP) is 14.6. The van der Waals surface area contributed by atoms with Gasteiger partial charge < -0.3 is 9.64 Å². The Morgan fingerprint density at radius 1 is 0.328 bits per heavy atom. The Kier molecular flexibility index (Phi) is 7.09. The number of ether oxygens (including phenoxy) is 1. The van der Waals surface area contributed by atoms with Gasteiger partial charge in [0.2, 0.25) is 0 Å². The lowest BCUT2D eigenvalue weighted by Gasteiger charge is -2.32. The first-order valence-corrected chi connectivity index (χ1v) is 20.0. The lowest BCUT2D eigenvalue weighted by molar-refractivity contribution is 0.415. The molecule has 0 heterocycles. The molecule has 2 aliphatic rings. The fraction of sp³-hybridized carbons (Fsp3) is 0.0357. The minimum absolute atomic E-state index is 0.433. The molecule has 0 bridgehead atoms. The fourth-order valence-electron chi connectivity index (χ4n) is 10.3. The maximum absolute atomic E-state index is 5.45. The lowest BCUT2D eigenvalue weighted by Crippen LogP contribution is -2.26. The van der Waals surface area contributed by atoms with Crippen molar-refractivity contribution in [2.24, 2.45) is 0 Å². The maximum Gasteiger partial charge on any atom is 0.118 e. The van der Waals surface area contributed by atoms with Gasteiger partial charge in [-0.25, -0.2) is 0 Å². The molecule has 1 spiro atoms. The molecular weight excluding hydrogens is 703 g/mol. The van der Waals surface area contributed by atoms with E-state index >= 15 is 0 Å². The highest BCUT2D eigenvalue weighted by atomic mass is 16.5. The van der Waals surface area contributed by atoms with Gasteiger partial charge in [-0.3, -0.25) is 0 Å². The number of hydrogen-bond acceptors (Lipinski definition) is 2. The van der Waals surface area contributed by atoms with Crippen molar-refractivity contribution in [2.75, 3.05) is 12.0 Å². The molecule has 0 aliphatic heterocycles. The van der Waals surface area contributed by atoms with E-state index < -0.39 is 5.41 Å². The van der Waals surface area contributed by atoms with Crippen molar-refractivity contribution in [3.63, 3.8) is 0 Å². The zero-order chi connectivity index (χ0) is 38.4. The second-order valence-corrected chi connectivity index (χ2v) is 15.5. The smallest absolute Gasteiger partial charge is 0.118 e. The summed E-state index contributed by atoms with van der Waals surface area (Å²) >= 11 is 0. The Hall–Kier alpha value is -7.42. The Balaban J connectivity index is 1.11. The normalized spacial score (nSPS) is 13.1. The van der Waals surface area contributed by atoms with E-state index in [0.29, 0.717) is 0 Å². The summed E-state index contributed by atoms with van der Waals surface area (Å²) in [5.41, 5.74) is 15.8. The summed E-state index contributed by atoms with van der Waals surface area (Å²) in [5, 5.41) is 7.59. The van der Waals surface area contributed by atoms with Crippen LogP contribution in [0.1, 0.15) is 22.3 Å². The van der Waals surface area contributed by atoms with Crippen molar-refractivity contribution < 1.29 is 4.74 Å². The van der Waals surface area contributed by atoms with Gasteiger partial charge in [-0.05, 0) is 136 Å². The Bertz CT molecular complexity index is 3170. The van der Waals surface area contributed by atoms with Crippen molar-refractivity contribution in [1.29, 1.82) is 0 Å². The molecule has 0 fully saturated rings. The zero-order valence-corrected chi connectivity index (χ0v) is 32.0. The average molecular weight is 740 g/mol. The molecule has 0 atom stereocenters. The summed E-state index contributed by atoms with van der Waals surface area (Å²) in [5.74, 6) is 0.854. The van der Waals surface area contributed by atoms with E-state index in [-0.39, 0.29) is 0 Å². The van der Waals surface area contributed by atoms with E-state index in [9.17, 15) is 0 Å². The fourth-order valence-corrected chi connectivity index (χ4v) is 10.3.